The molecule has 2 aliphatic rings. The van der Waals surface area contributed by atoms with Gasteiger partial charge < -0.3 is 0 Å². The van der Waals surface area contributed by atoms with Crippen molar-refractivity contribution in [3.05, 3.63) is 71.3 Å². The van der Waals surface area contributed by atoms with Crippen LogP contribution in [-0.4, -0.2) is 27.7 Å². The molecule has 0 aliphatic heterocycles. The lowest BCUT2D eigenvalue weighted by atomic mass is 10.0. The average Bonchev–Trinajstić information content (AvgIpc) is 2.93. The van der Waals surface area contributed by atoms with Gasteiger partial charge in [0, 0.05) is 16.5 Å². The van der Waals surface area contributed by atoms with E-state index in [1.807, 2.05) is 12.1 Å². The van der Waals surface area contributed by atoms with Gasteiger partial charge in [-0.2, -0.15) is 8.42 Å². The molecular formula is C25H18N2O3S. The first kappa shape index (κ1) is 18.4. The Morgan fingerprint density at radius 1 is 0.871 bits per heavy atom. The van der Waals surface area contributed by atoms with E-state index in [2.05, 4.69) is 37.3 Å². The standard InChI is InChI=1S/C25H18N2O3S/c1-14-6-7-19-22-17(14)4-3-5-18(22)23-24(19)27-21-13-16-9-11-25(2,31(28,29)30)10-8-15(16)12-20(21)26-23/h3-13H,1-2H3,(H,28,29,30). The highest BCUT2D eigenvalue weighted by molar-refractivity contribution is 7.87. The molecule has 3 aromatic carbocycles. The molecule has 0 spiro atoms. The quantitative estimate of drug-likeness (QED) is 0.362. The Morgan fingerprint density at radius 2 is 1.45 bits per heavy atom. The molecule has 1 unspecified atom stereocenters. The van der Waals surface area contributed by atoms with E-state index in [0.29, 0.717) is 0 Å². The lowest BCUT2D eigenvalue weighted by molar-refractivity contribution is 0.466. The number of benzene rings is 3. The zero-order valence-corrected chi connectivity index (χ0v) is 17.7. The van der Waals surface area contributed by atoms with Gasteiger partial charge in [0.2, 0.25) is 0 Å². The minimum atomic E-state index is -4.29. The molecule has 0 saturated carbocycles. The van der Waals surface area contributed by atoms with E-state index in [1.54, 1.807) is 12.2 Å². The molecule has 1 N–H and O–H groups in total. The van der Waals surface area contributed by atoms with Crippen LogP contribution in [0.4, 0.5) is 0 Å². The summed E-state index contributed by atoms with van der Waals surface area (Å²) in [6, 6.07) is 14.3. The molecule has 1 atom stereocenters. The van der Waals surface area contributed by atoms with Gasteiger partial charge in [0.15, 0.2) is 0 Å². The molecule has 6 heteroatoms. The van der Waals surface area contributed by atoms with Crippen LogP contribution in [0.3, 0.4) is 0 Å². The van der Waals surface area contributed by atoms with Crippen LogP contribution in [0.2, 0.25) is 0 Å². The Balaban J connectivity index is 1.60. The van der Waals surface area contributed by atoms with Crippen LogP contribution >= 0.6 is 0 Å². The minimum Gasteiger partial charge on any atom is -0.285 e. The maximum absolute atomic E-state index is 11.8. The molecule has 0 amide bonds. The molecule has 6 rings (SSSR count). The van der Waals surface area contributed by atoms with Crippen molar-refractivity contribution in [2.75, 3.05) is 0 Å². The number of nitrogens with zero attached hydrogens (tertiary/aromatic N) is 2. The summed E-state index contributed by atoms with van der Waals surface area (Å²) in [6.45, 7) is 3.57. The summed E-state index contributed by atoms with van der Waals surface area (Å²) in [5.74, 6) is 0. The lowest BCUT2D eigenvalue weighted by Crippen LogP contribution is -2.29. The topological polar surface area (TPSA) is 80.2 Å². The number of aryl methyl sites for hydroxylation is 1. The number of rotatable bonds is 1. The summed E-state index contributed by atoms with van der Waals surface area (Å²) >= 11 is 0. The normalized spacial score (nSPS) is 18.9. The molecule has 4 aromatic rings. The highest BCUT2D eigenvalue weighted by Crippen LogP contribution is 2.46. The van der Waals surface area contributed by atoms with Crippen molar-refractivity contribution >= 4 is 44.1 Å². The second-order valence-corrected chi connectivity index (χ2v) is 10.2. The van der Waals surface area contributed by atoms with Crippen LogP contribution in [0.5, 0.6) is 0 Å². The second-order valence-electron chi connectivity index (χ2n) is 8.37. The fourth-order valence-corrected chi connectivity index (χ4v) is 4.96. The highest BCUT2D eigenvalue weighted by Gasteiger charge is 2.33. The molecule has 2 aliphatic carbocycles. The van der Waals surface area contributed by atoms with Crippen molar-refractivity contribution in [3.8, 4) is 22.5 Å². The van der Waals surface area contributed by atoms with Crippen LogP contribution in [0.1, 0.15) is 23.6 Å². The molecule has 5 nitrogen and oxygen atoms in total. The first-order valence-electron chi connectivity index (χ1n) is 10.00. The molecule has 0 bridgehead atoms. The van der Waals surface area contributed by atoms with Crippen LogP contribution in [0.25, 0.3) is 56.5 Å². The number of hydrogen-bond donors (Lipinski definition) is 1. The van der Waals surface area contributed by atoms with Gasteiger partial charge in [0.1, 0.15) is 4.75 Å². The fourth-order valence-electron chi connectivity index (χ4n) is 4.48. The maximum Gasteiger partial charge on any atom is 0.277 e. The van der Waals surface area contributed by atoms with E-state index in [9.17, 15) is 13.0 Å². The third kappa shape index (κ3) is 2.49. The third-order valence-corrected chi connectivity index (χ3v) is 7.77. The predicted molar refractivity (Wildman–Crippen MR) is 124 cm³/mol. The first-order valence-corrected chi connectivity index (χ1v) is 11.4. The summed E-state index contributed by atoms with van der Waals surface area (Å²) in [4.78, 5) is 9.92. The zero-order chi connectivity index (χ0) is 21.5. The van der Waals surface area contributed by atoms with E-state index in [-0.39, 0.29) is 0 Å². The summed E-state index contributed by atoms with van der Waals surface area (Å²) in [7, 11) is -4.29. The van der Waals surface area contributed by atoms with Gasteiger partial charge in [-0.15, -0.1) is 0 Å². The predicted octanol–water partition coefficient (Wildman–Crippen LogP) is 5.43. The van der Waals surface area contributed by atoms with E-state index in [4.69, 9.17) is 9.97 Å². The van der Waals surface area contributed by atoms with Gasteiger partial charge in [-0.1, -0.05) is 54.6 Å². The van der Waals surface area contributed by atoms with Crippen molar-refractivity contribution in [3.63, 3.8) is 0 Å². The minimum absolute atomic E-state index is 0.743. The monoisotopic (exact) mass is 426 g/mol. The van der Waals surface area contributed by atoms with Crippen molar-refractivity contribution in [2.45, 2.75) is 18.6 Å². The van der Waals surface area contributed by atoms with Crippen molar-refractivity contribution in [1.29, 1.82) is 0 Å². The molecule has 0 fully saturated rings. The zero-order valence-electron chi connectivity index (χ0n) is 16.9. The Morgan fingerprint density at radius 3 is 2.03 bits per heavy atom. The smallest absolute Gasteiger partial charge is 0.277 e. The molecule has 1 aromatic heterocycles. The molecule has 152 valence electrons. The summed E-state index contributed by atoms with van der Waals surface area (Å²) in [6.07, 6.45) is 6.43. The Bertz CT molecular complexity index is 1570. The van der Waals surface area contributed by atoms with Gasteiger partial charge in [0.05, 0.1) is 22.4 Å². The largest absolute Gasteiger partial charge is 0.285 e. The number of hydrogen-bond acceptors (Lipinski definition) is 4. The van der Waals surface area contributed by atoms with Crippen LogP contribution in [0.15, 0.2) is 54.6 Å². The third-order valence-electron chi connectivity index (χ3n) is 6.38. The van der Waals surface area contributed by atoms with Gasteiger partial charge in [-0.3, -0.25) is 4.55 Å². The van der Waals surface area contributed by atoms with Crippen LogP contribution in [-0.2, 0) is 10.1 Å². The second kappa shape index (κ2) is 5.87. The Hall–Kier alpha value is -3.35. The molecule has 31 heavy (non-hydrogen) atoms. The molecular weight excluding hydrogens is 408 g/mol. The summed E-state index contributed by atoms with van der Waals surface area (Å²) in [5.41, 5.74) is 8.28. The lowest BCUT2D eigenvalue weighted by Gasteiger charge is -2.16. The summed E-state index contributed by atoms with van der Waals surface area (Å²) in [5, 5.41) is 2.41. The van der Waals surface area contributed by atoms with E-state index in [0.717, 1.165) is 44.7 Å². The van der Waals surface area contributed by atoms with Crippen LogP contribution < -0.4 is 0 Å². The molecule has 1 heterocycles. The van der Waals surface area contributed by atoms with E-state index in [1.165, 1.54) is 35.4 Å². The van der Waals surface area contributed by atoms with Gasteiger partial charge in [-0.05, 0) is 48.1 Å². The molecule has 0 saturated heterocycles. The van der Waals surface area contributed by atoms with Gasteiger partial charge in [0.25, 0.3) is 10.1 Å². The summed E-state index contributed by atoms with van der Waals surface area (Å²) < 4.78 is 31.8. The van der Waals surface area contributed by atoms with E-state index >= 15 is 0 Å². The molecule has 0 radical (unpaired) electrons. The SMILES string of the molecule is Cc1ccc2c3c(cccc13)-c1nc3cc4c(cc3nc1-2)C=CC(C)(S(=O)(=O)O)C=C4. The van der Waals surface area contributed by atoms with Crippen molar-refractivity contribution in [2.24, 2.45) is 0 Å². The van der Waals surface area contributed by atoms with Crippen LogP contribution in [0, 0.1) is 6.92 Å². The first-order chi connectivity index (χ1) is 14.7. The Kier molecular flexibility index (Phi) is 3.49. The van der Waals surface area contributed by atoms with Crippen molar-refractivity contribution in [1.82, 2.24) is 9.97 Å². The number of fused-ring (bicyclic) bond motifs is 5. The Labute approximate surface area is 179 Å². The van der Waals surface area contributed by atoms with Gasteiger partial charge >= 0.3 is 0 Å². The highest BCUT2D eigenvalue weighted by atomic mass is 32.2. The van der Waals surface area contributed by atoms with E-state index < -0.39 is 14.9 Å². The fraction of sp³-hybridized carbons (Fsp3) is 0.120. The average molecular weight is 426 g/mol. The van der Waals surface area contributed by atoms with Gasteiger partial charge in [-0.25, -0.2) is 9.97 Å². The number of aromatic nitrogens is 2. The van der Waals surface area contributed by atoms with Crippen molar-refractivity contribution < 1.29 is 13.0 Å². The maximum atomic E-state index is 11.8.